The molecule has 0 radical (unpaired) electrons. The second-order valence-corrected chi connectivity index (χ2v) is 4.61. The van der Waals surface area contributed by atoms with Crippen LogP contribution in [0.2, 0.25) is 0 Å². The lowest BCUT2D eigenvalue weighted by Crippen LogP contribution is -2.29. The number of nitrogens with one attached hydrogen (secondary N) is 1. The molecule has 74 valence electrons. The third kappa shape index (κ3) is 2.19. The molecular weight excluding hydrogens is 192 g/mol. The monoisotopic (exact) mass is 204 g/mol. The summed E-state index contributed by atoms with van der Waals surface area (Å²) >= 11 is 0. The highest BCUT2D eigenvalue weighted by Gasteiger charge is 2.14. The van der Waals surface area contributed by atoms with Crippen LogP contribution in [0, 0.1) is 0 Å². The van der Waals surface area contributed by atoms with Gasteiger partial charge in [-0.05, 0) is 0 Å². The summed E-state index contributed by atoms with van der Waals surface area (Å²) in [7, 11) is 1.15. The summed E-state index contributed by atoms with van der Waals surface area (Å²) in [6, 6.07) is 1.58. The van der Waals surface area contributed by atoms with Crippen LogP contribution in [0.4, 0.5) is 5.82 Å². The normalized spacial score (nSPS) is 12.0. The highest BCUT2D eigenvalue weighted by molar-refractivity contribution is 7.90. The van der Waals surface area contributed by atoms with Crippen molar-refractivity contribution in [3.8, 4) is 0 Å². The van der Waals surface area contributed by atoms with Gasteiger partial charge in [-0.25, -0.2) is 0 Å². The van der Waals surface area contributed by atoms with Gasteiger partial charge in [0.1, 0.15) is 5.82 Å². The molecule has 1 aromatic heterocycles. The SMILES string of the molecule is CN(C)S(=O)(=O)Nc1ccnn1C. The Balaban J connectivity index is 2.88. The minimum Gasteiger partial charge on any atom is -0.255 e. The average Bonchev–Trinajstić information content (AvgIpc) is 2.35. The van der Waals surface area contributed by atoms with Crippen LogP contribution in [0.1, 0.15) is 0 Å². The number of aryl methyl sites for hydroxylation is 1. The van der Waals surface area contributed by atoms with Crippen molar-refractivity contribution in [3.05, 3.63) is 12.3 Å². The van der Waals surface area contributed by atoms with Gasteiger partial charge in [-0.2, -0.15) is 17.8 Å². The van der Waals surface area contributed by atoms with E-state index in [1.165, 1.54) is 25.0 Å². The molecule has 0 aliphatic heterocycles. The molecule has 0 fully saturated rings. The Morgan fingerprint density at radius 2 is 2.15 bits per heavy atom. The molecule has 1 aromatic rings. The predicted octanol–water partition coefficient (Wildman–Crippen LogP) is -0.362. The fourth-order valence-corrected chi connectivity index (χ4v) is 1.34. The van der Waals surface area contributed by atoms with Crippen molar-refractivity contribution in [3.63, 3.8) is 0 Å². The molecule has 0 bridgehead atoms. The van der Waals surface area contributed by atoms with E-state index in [1.807, 2.05) is 0 Å². The molecule has 6 nitrogen and oxygen atoms in total. The van der Waals surface area contributed by atoms with Crippen molar-refractivity contribution in [2.45, 2.75) is 0 Å². The molecule has 13 heavy (non-hydrogen) atoms. The second kappa shape index (κ2) is 3.35. The first kappa shape index (κ1) is 10.0. The lowest BCUT2D eigenvalue weighted by Gasteiger charge is -2.12. The third-order valence-electron chi connectivity index (χ3n) is 1.54. The zero-order chi connectivity index (χ0) is 10.1. The van der Waals surface area contributed by atoms with E-state index in [9.17, 15) is 8.42 Å². The Labute approximate surface area is 77.3 Å². The van der Waals surface area contributed by atoms with Crippen LogP contribution in [0.15, 0.2) is 12.3 Å². The quantitative estimate of drug-likeness (QED) is 0.731. The number of nitrogens with zero attached hydrogens (tertiary/aromatic N) is 3. The minimum atomic E-state index is -3.42. The van der Waals surface area contributed by atoms with Gasteiger partial charge in [0.25, 0.3) is 0 Å². The third-order valence-corrected chi connectivity index (χ3v) is 2.96. The first-order valence-electron chi connectivity index (χ1n) is 3.62. The van der Waals surface area contributed by atoms with Gasteiger partial charge < -0.3 is 0 Å². The van der Waals surface area contributed by atoms with E-state index < -0.39 is 10.2 Å². The van der Waals surface area contributed by atoms with E-state index in [0.29, 0.717) is 5.82 Å². The zero-order valence-corrected chi connectivity index (χ0v) is 8.54. The maximum atomic E-state index is 11.3. The van der Waals surface area contributed by atoms with Gasteiger partial charge in [-0.3, -0.25) is 9.40 Å². The van der Waals surface area contributed by atoms with Crippen molar-refractivity contribution in [2.75, 3.05) is 18.8 Å². The van der Waals surface area contributed by atoms with E-state index in [-0.39, 0.29) is 0 Å². The van der Waals surface area contributed by atoms with Crippen LogP contribution in [0.25, 0.3) is 0 Å². The molecule has 1 heterocycles. The van der Waals surface area contributed by atoms with E-state index in [0.717, 1.165) is 4.31 Å². The molecule has 0 saturated heterocycles. The van der Waals surface area contributed by atoms with Crippen molar-refractivity contribution in [1.29, 1.82) is 0 Å². The lowest BCUT2D eigenvalue weighted by molar-refractivity contribution is 0.526. The fourth-order valence-electron chi connectivity index (χ4n) is 0.698. The first-order valence-corrected chi connectivity index (χ1v) is 5.06. The maximum absolute atomic E-state index is 11.3. The fraction of sp³-hybridized carbons (Fsp3) is 0.500. The highest BCUT2D eigenvalue weighted by atomic mass is 32.2. The summed E-state index contributed by atoms with van der Waals surface area (Å²) in [4.78, 5) is 0. The van der Waals surface area contributed by atoms with Crippen molar-refractivity contribution < 1.29 is 8.42 Å². The van der Waals surface area contributed by atoms with Gasteiger partial charge in [0.15, 0.2) is 0 Å². The number of hydrogen-bond acceptors (Lipinski definition) is 3. The predicted molar refractivity (Wildman–Crippen MR) is 49.4 cm³/mol. The average molecular weight is 204 g/mol. The van der Waals surface area contributed by atoms with Crippen LogP contribution in [0.5, 0.6) is 0 Å². The summed E-state index contributed by atoms with van der Waals surface area (Å²) in [5.41, 5.74) is 0. The van der Waals surface area contributed by atoms with E-state index in [4.69, 9.17) is 0 Å². The molecule has 0 aromatic carbocycles. The standard InChI is InChI=1S/C6H12N4O2S/c1-9(2)13(11,12)8-6-4-5-7-10(6)3/h4-5,8H,1-3H3. The largest absolute Gasteiger partial charge is 0.302 e. The molecule has 0 spiro atoms. The van der Waals surface area contributed by atoms with Crippen molar-refractivity contribution >= 4 is 16.0 Å². The van der Waals surface area contributed by atoms with Gasteiger partial charge in [0.05, 0.1) is 6.20 Å². The molecular formula is C6H12N4O2S. The minimum absolute atomic E-state index is 0.439. The highest BCUT2D eigenvalue weighted by Crippen LogP contribution is 2.07. The van der Waals surface area contributed by atoms with Crippen LogP contribution in [-0.2, 0) is 17.3 Å². The molecule has 0 aliphatic rings. The Morgan fingerprint density at radius 3 is 2.54 bits per heavy atom. The van der Waals surface area contributed by atoms with Crippen molar-refractivity contribution in [1.82, 2.24) is 14.1 Å². The van der Waals surface area contributed by atoms with Gasteiger partial charge >= 0.3 is 10.2 Å². The van der Waals surface area contributed by atoms with Gasteiger partial charge in [-0.15, -0.1) is 0 Å². The molecule has 0 aliphatic carbocycles. The second-order valence-electron chi connectivity index (χ2n) is 2.73. The molecule has 0 amide bonds. The lowest BCUT2D eigenvalue weighted by atomic mass is 10.7. The summed E-state index contributed by atoms with van der Waals surface area (Å²) in [5, 5.41) is 3.83. The van der Waals surface area contributed by atoms with Crippen LogP contribution in [-0.4, -0.2) is 36.6 Å². The number of rotatable bonds is 3. The summed E-state index contributed by atoms with van der Waals surface area (Å²) < 4.78 is 27.6. The molecule has 0 saturated carbocycles. The summed E-state index contributed by atoms with van der Waals surface area (Å²) in [5.74, 6) is 0.439. The van der Waals surface area contributed by atoms with E-state index >= 15 is 0 Å². The molecule has 0 unspecified atom stereocenters. The number of anilines is 1. The van der Waals surface area contributed by atoms with E-state index in [2.05, 4.69) is 9.82 Å². The van der Waals surface area contributed by atoms with Crippen LogP contribution in [0.3, 0.4) is 0 Å². The topological polar surface area (TPSA) is 67.2 Å². The number of aromatic nitrogens is 2. The Bertz CT molecular complexity index is 381. The molecule has 1 N–H and O–H groups in total. The zero-order valence-electron chi connectivity index (χ0n) is 7.72. The summed E-state index contributed by atoms with van der Waals surface area (Å²) in [6.45, 7) is 0. The van der Waals surface area contributed by atoms with Crippen LogP contribution < -0.4 is 4.72 Å². The van der Waals surface area contributed by atoms with Gasteiger partial charge in [0, 0.05) is 27.2 Å². The Kier molecular flexibility index (Phi) is 2.58. The number of hydrogen-bond donors (Lipinski definition) is 1. The molecule has 7 heteroatoms. The molecule has 1 rings (SSSR count). The van der Waals surface area contributed by atoms with Gasteiger partial charge in [0.2, 0.25) is 0 Å². The van der Waals surface area contributed by atoms with Crippen LogP contribution >= 0.6 is 0 Å². The Hall–Kier alpha value is -1.08. The van der Waals surface area contributed by atoms with E-state index in [1.54, 1.807) is 13.1 Å². The Morgan fingerprint density at radius 1 is 1.54 bits per heavy atom. The van der Waals surface area contributed by atoms with Gasteiger partial charge in [-0.1, -0.05) is 0 Å². The smallest absolute Gasteiger partial charge is 0.255 e. The molecule has 0 atom stereocenters. The van der Waals surface area contributed by atoms with Crippen molar-refractivity contribution in [2.24, 2.45) is 7.05 Å². The maximum Gasteiger partial charge on any atom is 0.302 e. The summed E-state index contributed by atoms with van der Waals surface area (Å²) in [6.07, 6.45) is 1.52. The first-order chi connectivity index (χ1) is 5.93.